The van der Waals surface area contributed by atoms with Crippen molar-refractivity contribution in [2.45, 2.75) is 45.2 Å². The predicted molar refractivity (Wildman–Crippen MR) is 107 cm³/mol. The van der Waals surface area contributed by atoms with Crippen LogP contribution in [0.3, 0.4) is 0 Å². The number of imidazole rings is 1. The first kappa shape index (κ1) is 18.4. The normalized spacial score (nSPS) is 23.7. The van der Waals surface area contributed by atoms with Gasteiger partial charge in [-0.05, 0) is 44.4 Å². The molecule has 0 unspecified atom stereocenters. The van der Waals surface area contributed by atoms with Gasteiger partial charge >= 0.3 is 0 Å². The summed E-state index contributed by atoms with van der Waals surface area (Å²) in [5.74, 6) is 1.78. The Morgan fingerprint density at radius 3 is 2.69 bits per heavy atom. The van der Waals surface area contributed by atoms with Crippen molar-refractivity contribution in [3.8, 4) is 11.1 Å². The van der Waals surface area contributed by atoms with Crippen LogP contribution >= 0.6 is 0 Å². The molecule has 1 amide bonds. The second-order valence-corrected chi connectivity index (χ2v) is 10.2. The Balaban J connectivity index is 1.67. The zero-order chi connectivity index (χ0) is 20.3. The lowest BCUT2D eigenvalue weighted by molar-refractivity contribution is -0.119. The number of fused-ring (bicyclic) bond motifs is 1. The fourth-order valence-corrected chi connectivity index (χ4v) is 6.28. The summed E-state index contributed by atoms with van der Waals surface area (Å²) in [6.45, 7) is 3.78. The Morgan fingerprint density at radius 2 is 2.07 bits per heavy atom. The third-order valence-electron chi connectivity index (χ3n) is 5.92. The average molecular weight is 414 g/mol. The van der Waals surface area contributed by atoms with Crippen LogP contribution in [-0.2, 0) is 14.6 Å². The summed E-state index contributed by atoms with van der Waals surface area (Å²) in [6, 6.07) is 5.60. The number of hydrogen-bond acceptors (Lipinski definition) is 6. The van der Waals surface area contributed by atoms with Gasteiger partial charge in [0.15, 0.2) is 9.84 Å². The maximum Gasteiger partial charge on any atom is 0.220 e. The first-order valence-corrected chi connectivity index (χ1v) is 11.6. The minimum atomic E-state index is -3.05. The number of nitrogens with one attached hydrogen (secondary N) is 1. The molecule has 2 aliphatic rings. The van der Waals surface area contributed by atoms with E-state index in [0.29, 0.717) is 19.3 Å². The zero-order valence-electron chi connectivity index (χ0n) is 16.3. The summed E-state index contributed by atoms with van der Waals surface area (Å²) < 4.78 is 31.6. The molecule has 2 saturated heterocycles. The molecule has 5 rings (SSSR count). The second kappa shape index (κ2) is 6.41. The number of amides is 1. The van der Waals surface area contributed by atoms with Gasteiger partial charge in [0.2, 0.25) is 5.91 Å². The van der Waals surface area contributed by atoms with Gasteiger partial charge in [-0.2, -0.15) is 0 Å². The topological polar surface area (TPSA) is 107 Å². The van der Waals surface area contributed by atoms with E-state index >= 15 is 0 Å². The van der Waals surface area contributed by atoms with Gasteiger partial charge in [-0.3, -0.25) is 4.79 Å². The maximum atomic E-state index is 12.1. The van der Waals surface area contributed by atoms with Crippen molar-refractivity contribution in [3.63, 3.8) is 0 Å². The van der Waals surface area contributed by atoms with Crippen molar-refractivity contribution in [3.05, 3.63) is 35.5 Å². The lowest BCUT2D eigenvalue weighted by Gasteiger charge is -2.18. The second-order valence-electron chi connectivity index (χ2n) is 7.96. The van der Waals surface area contributed by atoms with Crippen molar-refractivity contribution in [2.75, 3.05) is 11.5 Å². The first-order valence-electron chi connectivity index (χ1n) is 9.77. The lowest BCUT2D eigenvalue weighted by Crippen LogP contribution is -2.23. The quantitative estimate of drug-likeness (QED) is 0.706. The van der Waals surface area contributed by atoms with E-state index in [9.17, 15) is 13.2 Å². The van der Waals surface area contributed by atoms with Crippen molar-refractivity contribution < 1.29 is 17.7 Å². The summed E-state index contributed by atoms with van der Waals surface area (Å²) >= 11 is 0. The smallest absolute Gasteiger partial charge is 0.220 e. The van der Waals surface area contributed by atoms with Crippen LogP contribution in [0.1, 0.15) is 48.6 Å². The summed E-state index contributed by atoms with van der Waals surface area (Å²) in [7, 11) is -3.05. The third-order valence-corrected chi connectivity index (χ3v) is 7.67. The highest BCUT2D eigenvalue weighted by Crippen LogP contribution is 2.36. The number of aromatic nitrogens is 3. The zero-order valence-corrected chi connectivity index (χ0v) is 17.1. The van der Waals surface area contributed by atoms with Crippen LogP contribution in [0.15, 0.2) is 22.7 Å². The van der Waals surface area contributed by atoms with E-state index in [0.717, 1.165) is 39.4 Å². The SMILES string of the molecule is Cc1noc(C)c1-c1ccc2c(c1)nc([C@@H]1CCC(=O)N1)n2[C@H]1CCS(=O)(=O)C1. The van der Waals surface area contributed by atoms with Crippen LogP contribution in [0.2, 0.25) is 0 Å². The van der Waals surface area contributed by atoms with Gasteiger partial charge in [0, 0.05) is 12.0 Å². The van der Waals surface area contributed by atoms with Gasteiger partial charge in [-0.1, -0.05) is 11.2 Å². The van der Waals surface area contributed by atoms with Gasteiger partial charge in [0.1, 0.15) is 11.6 Å². The molecule has 8 nitrogen and oxygen atoms in total. The first-order chi connectivity index (χ1) is 13.8. The molecule has 1 aromatic carbocycles. The number of hydrogen-bond donors (Lipinski definition) is 1. The van der Waals surface area contributed by atoms with E-state index < -0.39 is 9.84 Å². The van der Waals surface area contributed by atoms with E-state index in [-0.39, 0.29) is 29.5 Å². The molecule has 9 heteroatoms. The highest BCUT2D eigenvalue weighted by molar-refractivity contribution is 7.91. The van der Waals surface area contributed by atoms with Gasteiger partial charge in [-0.25, -0.2) is 13.4 Å². The predicted octanol–water partition coefficient (Wildman–Crippen LogP) is 2.62. The molecule has 4 heterocycles. The van der Waals surface area contributed by atoms with E-state index in [1.54, 1.807) is 0 Å². The van der Waals surface area contributed by atoms with Crippen LogP contribution in [0.25, 0.3) is 22.2 Å². The Hall–Kier alpha value is -2.68. The molecular weight excluding hydrogens is 392 g/mol. The number of rotatable bonds is 3. The minimum Gasteiger partial charge on any atom is -0.361 e. The Morgan fingerprint density at radius 1 is 1.24 bits per heavy atom. The molecule has 1 N–H and O–H groups in total. The highest BCUT2D eigenvalue weighted by atomic mass is 32.2. The number of carbonyl (C=O) groups is 1. The molecule has 152 valence electrons. The van der Waals surface area contributed by atoms with E-state index in [2.05, 4.69) is 10.5 Å². The van der Waals surface area contributed by atoms with Crippen LogP contribution < -0.4 is 5.32 Å². The minimum absolute atomic E-state index is 0.00376. The van der Waals surface area contributed by atoms with Crippen LogP contribution in [0.4, 0.5) is 0 Å². The van der Waals surface area contributed by atoms with Crippen molar-refractivity contribution >= 4 is 26.8 Å². The number of sulfone groups is 1. The maximum absolute atomic E-state index is 12.1. The van der Waals surface area contributed by atoms with Gasteiger partial charge in [0.25, 0.3) is 0 Å². The number of nitrogens with zero attached hydrogens (tertiary/aromatic N) is 3. The van der Waals surface area contributed by atoms with Crippen LogP contribution in [-0.4, -0.2) is 40.5 Å². The fraction of sp³-hybridized carbons (Fsp3) is 0.450. The molecule has 0 aliphatic carbocycles. The van der Waals surface area contributed by atoms with Gasteiger partial charge in [-0.15, -0.1) is 0 Å². The summed E-state index contributed by atoms with van der Waals surface area (Å²) in [5, 5.41) is 7.01. The van der Waals surface area contributed by atoms with Crippen molar-refractivity contribution in [1.82, 2.24) is 20.0 Å². The molecular formula is C20H22N4O4S. The lowest BCUT2D eigenvalue weighted by atomic mass is 10.0. The van der Waals surface area contributed by atoms with Gasteiger partial charge < -0.3 is 14.4 Å². The van der Waals surface area contributed by atoms with Crippen LogP contribution in [0.5, 0.6) is 0 Å². The molecule has 3 aromatic rings. The summed E-state index contributed by atoms with van der Waals surface area (Å²) in [6.07, 6.45) is 1.69. The molecule has 2 fully saturated rings. The van der Waals surface area contributed by atoms with Gasteiger partial charge in [0.05, 0.1) is 40.3 Å². The average Bonchev–Trinajstić information content (AvgIpc) is 3.41. The fourth-order valence-electron chi connectivity index (χ4n) is 4.58. The van der Waals surface area contributed by atoms with E-state index in [1.807, 2.05) is 36.6 Å². The Kier molecular flexibility index (Phi) is 4.06. The molecule has 29 heavy (non-hydrogen) atoms. The standard InChI is InChI=1S/C20H22N4O4S/c1-11-19(12(2)28-23-11)13-3-5-17-16(9-13)22-20(15-4-6-18(25)21-15)24(17)14-7-8-29(26,27)10-14/h3,5,9,14-15H,4,6-8,10H2,1-2H3,(H,21,25)/t14-,15-/m0/s1. The molecule has 2 atom stereocenters. The number of benzene rings is 1. The Labute approximate surface area is 168 Å². The summed E-state index contributed by atoms with van der Waals surface area (Å²) in [5.41, 5.74) is 4.38. The number of aryl methyl sites for hydroxylation is 2. The Bertz CT molecular complexity index is 1220. The van der Waals surface area contributed by atoms with Crippen LogP contribution in [0, 0.1) is 13.8 Å². The molecule has 2 aliphatic heterocycles. The molecule has 0 bridgehead atoms. The number of carbonyl (C=O) groups excluding carboxylic acids is 1. The van der Waals surface area contributed by atoms with E-state index in [1.165, 1.54) is 0 Å². The molecule has 0 radical (unpaired) electrons. The molecule has 2 aromatic heterocycles. The van der Waals surface area contributed by atoms with Crippen molar-refractivity contribution in [2.24, 2.45) is 0 Å². The largest absolute Gasteiger partial charge is 0.361 e. The highest BCUT2D eigenvalue weighted by Gasteiger charge is 2.35. The van der Waals surface area contributed by atoms with E-state index in [4.69, 9.17) is 9.51 Å². The third kappa shape index (κ3) is 3.04. The molecule has 0 saturated carbocycles. The molecule has 0 spiro atoms. The summed E-state index contributed by atoms with van der Waals surface area (Å²) in [4.78, 5) is 16.7. The van der Waals surface area contributed by atoms with Crippen molar-refractivity contribution in [1.29, 1.82) is 0 Å². The monoisotopic (exact) mass is 414 g/mol.